The lowest BCUT2D eigenvalue weighted by Gasteiger charge is -2.05. The van der Waals surface area contributed by atoms with Crippen LogP contribution in [0.4, 0.5) is 14.6 Å². The minimum Gasteiger partial charge on any atom is -0.462 e. The smallest absolute Gasteiger partial charge is 0.368 e. The maximum absolute atomic E-state index is 12.5. The van der Waals surface area contributed by atoms with E-state index in [2.05, 4.69) is 25.7 Å². The fraction of sp³-hybridized carbons (Fsp3) is 0.286. The summed E-state index contributed by atoms with van der Waals surface area (Å²) < 4.78 is 29.4. The van der Waals surface area contributed by atoms with E-state index >= 15 is 0 Å². The van der Waals surface area contributed by atoms with Gasteiger partial charge >= 0.3 is 11.7 Å². The van der Waals surface area contributed by atoms with E-state index in [4.69, 9.17) is 0 Å². The molecule has 1 aromatic rings. The Hall–Kier alpha value is -1.31. The molecule has 0 aliphatic heterocycles. The van der Waals surface area contributed by atoms with Crippen molar-refractivity contribution >= 4 is 21.7 Å². The van der Waals surface area contributed by atoms with Crippen LogP contribution in [0.15, 0.2) is 10.5 Å². The molecule has 8 heteroatoms. The third-order valence-corrected chi connectivity index (χ3v) is 2.21. The van der Waals surface area contributed by atoms with Gasteiger partial charge in [-0.25, -0.2) is 8.78 Å². The summed E-state index contributed by atoms with van der Waals surface area (Å²) in [5.41, 5.74) is -0.497. The molecule has 0 bridgehead atoms. The van der Waals surface area contributed by atoms with Crippen molar-refractivity contribution in [2.75, 3.05) is 7.11 Å². The molecule has 1 rings (SSSR count). The lowest BCUT2D eigenvalue weighted by Crippen LogP contribution is -2.01. The van der Waals surface area contributed by atoms with E-state index in [0.717, 1.165) is 13.2 Å². The van der Waals surface area contributed by atoms with Crippen LogP contribution in [0.1, 0.15) is 12.0 Å². The standard InChI is InChI=1S/C7H5BrF2N2O3/c1-15-7-5(6(9)10)3(8)2-4(11-7)12(13)14/h2,6H,1H3. The Morgan fingerprint density at radius 2 is 2.27 bits per heavy atom. The topological polar surface area (TPSA) is 65.3 Å². The molecule has 1 heterocycles. The van der Waals surface area contributed by atoms with E-state index in [9.17, 15) is 18.9 Å². The highest BCUT2D eigenvalue weighted by Gasteiger charge is 2.26. The Morgan fingerprint density at radius 3 is 2.67 bits per heavy atom. The van der Waals surface area contributed by atoms with Gasteiger partial charge in [-0.1, -0.05) is 0 Å². The summed E-state index contributed by atoms with van der Waals surface area (Å²) in [5, 5.41) is 10.4. The number of hydrogen-bond donors (Lipinski definition) is 0. The van der Waals surface area contributed by atoms with Crippen molar-refractivity contribution in [2.24, 2.45) is 0 Å². The Balaban J connectivity index is 3.37. The first-order valence-electron chi connectivity index (χ1n) is 3.64. The van der Waals surface area contributed by atoms with Crippen LogP contribution in [-0.2, 0) is 0 Å². The van der Waals surface area contributed by atoms with Gasteiger partial charge in [0.2, 0.25) is 0 Å². The van der Waals surface area contributed by atoms with Crippen LogP contribution in [0.2, 0.25) is 0 Å². The van der Waals surface area contributed by atoms with E-state index < -0.39 is 28.6 Å². The molecule has 0 amide bonds. The third-order valence-electron chi connectivity index (χ3n) is 1.56. The van der Waals surface area contributed by atoms with Crippen molar-refractivity contribution in [3.63, 3.8) is 0 Å². The van der Waals surface area contributed by atoms with Gasteiger partial charge in [-0.05, 0) is 20.9 Å². The van der Waals surface area contributed by atoms with Crippen LogP contribution in [0, 0.1) is 10.1 Å². The van der Waals surface area contributed by atoms with E-state index in [0.29, 0.717) is 0 Å². The zero-order valence-electron chi connectivity index (χ0n) is 7.41. The number of hydrogen-bond acceptors (Lipinski definition) is 4. The molecule has 0 aliphatic carbocycles. The zero-order chi connectivity index (χ0) is 11.6. The van der Waals surface area contributed by atoms with Crippen molar-refractivity contribution in [1.82, 2.24) is 4.98 Å². The maximum Gasteiger partial charge on any atom is 0.368 e. The molecule has 0 radical (unpaired) electrons. The van der Waals surface area contributed by atoms with Crippen LogP contribution in [0.25, 0.3) is 0 Å². The number of aromatic nitrogens is 1. The second-order valence-electron chi connectivity index (χ2n) is 2.44. The monoisotopic (exact) mass is 282 g/mol. The van der Waals surface area contributed by atoms with E-state index in [1.165, 1.54) is 0 Å². The number of pyridine rings is 1. The molecule has 5 nitrogen and oxygen atoms in total. The molecule has 15 heavy (non-hydrogen) atoms. The van der Waals surface area contributed by atoms with E-state index in [1.807, 2.05) is 0 Å². The Kier molecular flexibility index (Phi) is 3.51. The van der Waals surface area contributed by atoms with Crippen LogP contribution in [0.5, 0.6) is 5.88 Å². The SMILES string of the molecule is COc1nc([N+](=O)[O-])cc(Br)c1C(F)F. The molecule has 0 saturated heterocycles. The Labute approximate surface area is 91.3 Å². The van der Waals surface area contributed by atoms with Gasteiger partial charge in [-0.3, -0.25) is 0 Å². The molecule has 0 spiro atoms. The predicted octanol–water partition coefficient (Wildman–Crippen LogP) is 2.70. The van der Waals surface area contributed by atoms with Gasteiger partial charge in [-0.15, -0.1) is 0 Å². The minimum absolute atomic E-state index is 0.101. The van der Waals surface area contributed by atoms with Gasteiger partial charge in [0.05, 0.1) is 13.2 Å². The molecular weight excluding hydrogens is 278 g/mol. The number of rotatable bonds is 3. The molecule has 0 aliphatic rings. The lowest BCUT2D eigenvalue weighted by atomic mass is 10.3. The summed E-state index contributed by atoms with van der Waals surface area (Å²) in [7, 11) is 1.12. The summed E-state index contributed by atoms with van der Waals surface area (Å²) in [4.78, 5) is 12.9. The summed E-state index contributed by atoms with van der Waals surface area (Å²) in [5.74, 6) is -1.01. The van der Waals surface area contributed by atoms with Gasteiger partial charge in [0.25, 0.3) is 6.43 Å². The molecule has 0 N–H and O–H groups in total. The molecule has 1 aromatic heterocycles. The number of ether oxygens (including phenoxy) is 1. The van der Waals surface area contributed by atoms with Gasteiger partial charge < -0.3 is 14.9 Å². The normalized spacial score (nSPS) is 10.5. The molecule has 0 unspecified atom stereocenters. The molecule has 0 fully saturated rings. The van der Waals surface area contributed by atoms with Crippen molar-refractivity contribution in [3.8, 4) is 5.88 Å². The quantitative estimate of drug-likeness (QED) is 0.632. The van der Waals surface area contributed by atoms with Crippen molar-refractivity contribution in [3.05, 3.63) is 26.2 Å². The van der Waals surface area contributed by atoms with Crippen LogP contribution in [0.3, 0.4) is 0 Å². The molecule has 82 valence electrons. The highest BCUT2D eigenvalue weighted by Crippen LogP contribution is 2.36. The van der Waals surface area contributed by atoms with Crippen molar-refractivity contribution in [1.29, 1.82) is 0 Å². The van der Waals surface area contributed by atoms with Gasteiger partial charge in [0, 0.05) is 9.46 Å². The maximum atomic E-state index is 12.5. The number of alkyl halides is 2. The first-order valence-corrected chi connectivity index (χ1v) is 4.43. The van der Waals surface area contributed by atoms with E-state index in [-0.39, 0.29) is 4.47 Å². The second-order valence-corrected chi connectivity index (χ2v) is 3.30. The second kappa shape index (κ2) is 4.47. The van der Waals surface area contributed by atoms with Gasteiger partial charge in [-0.2, -0.15) is 0 Å². The first kappa shape index (κ1) is 11.8. The predicted molar refractivity (Wildman–Crippen MR) is 50.1 cm³/mol. The fourth-order valence-electron chi connectivity index (χ4n) is 0.936. The average molecular weight is 283 g/mol. The Bertz CT molecular complexity index is 400. The highest BCUT2D eigenvalue weighted by molar-refractivity contribution is 9.10. The zero-order valence-corrected chi connectivity index (χ0v) is 8.99. The molecule has 0 aromatic carbocycles. The number of halogens is 3. The van der Waals surface area contributed by atoms with Gasteiger partial charge in [0.15, 0.2) is 0 Å². The number of nitrogens with zero attached hydrogens (tertiary/aromatic N) is 2. The third kappa shape index (κ3) is 2.38. The largest absolute Gasteiger partial charge is 0.462 e. The minimum atomic E-state index is -2.82. The highest BCUT2D eigenvalue weighted by atomic mass is 79.9. The van der Waals surface area contributed by atoms with Crippen LogP contribution in [-0.4, -0.2) is 17.0 Å². The molecule has 0 saturated carbocycles. The summed E-state index contributed by atoms with van der Waals surface area (Å²) in [6, 6.07) is 0.907. The van der Waals surface area contributed by atoms with Crippen LogP contribution >= 0.6 is 15.9 Å². The average Bonchev–Trinajstić information content (AvgIpc) is 2.15. The fourth-order valence-corrected chi connectivity index (χ4v) is 1.48. The summed E-state index contributed by atoms with van der Waals surface area (Å²) >= 11 is 2.80. The Morgan fingerprint density at radius 1 is 1.67 bits per heavy atom. The molecular formula is C7H5BrF2N2O3. The van der Waals surface area contributed by atoms with E-state index in [1.54, 1.807) is 0 Å². The number of nitro groups is 1. The van der Waals surface area contributed by atoms with Crippen molar-refractivity contribution in [2.45, 2.75) is 6.43 Å². The summed E-state index contributed by atoms with van der Waals surface area (Å²) in [6.07, 6.45) is -2.82. The van der Waals surface area contributed by atoms with Gasteiger partial charge in [0.1, 0.15) is 5.56 Å². The van der Waals surface area contributed by atoms with Crippen LogP contribution < -0.4 is 4.74 Å². The summed E-state index contributed by atoms with van der Waals surface area (Å²) in [6.45, 7) is 0. The van der Waals surface area contributed by atoms with Crippen molar-refractivity contribution < 1.29 is 18.4 Å². The lowest BCUT2D eigenvalue weighted by molar-refractivity contribution is -0.389. The first-order chi connectivity index (χ1) is 6.97. The number of methoxy groups -OCH3 is 1. The molecule has 0 atom stereocenters.